The van der Waals surface area contributed by atoms with Crippen LogP contribution in [0.2, 0.25) is 0 Å². The molecule has 0 spiro atoms. The number of nitrogens with zero attached hydrogens (tertiary/aromatic N) is 1. The summed E-state index contributed by atoms with van der Waals surface area (Å²) in [6.07, 6.45) is 0.774. The zero-order valence-electron chi connectivity index (χ0n) is 10.6. The Morgan fingerprint density at radius 1 is 1.50 bits per heavy atom. The normalized spacial score (nSPS) is 15.8. The molecule has 1 amide bonds. The van der Waals surface area contributed by atoms with Crippen molar-refractivity contribution >= 4 is 23.4 Å². The van der Waals surface area contributed by atoms with E-state index in [0.29, 0.717) is 11.7 Å². The zero-order chi connectivity index (χ0) is 13.1. The zero-order valence-corrected chi connectivity index (χ0v) is 11.4. The first-order chi connectivity index (χ1) is 8.60. The summed E-state index contributed by atoms with van der Waals surface area (Å²) in [7, 11) is 0. The summed E-state index contributed by atoms with van der Waals surface area (Å²) in [6, 6.07) is 8.38. The third kappa shape index (κ3) is 2.85. The molecule has 2 rings (SSSR count). The quantitative estimate of drug-likeness (QED) is 0.908. The van der Waals surface area contributed by atoms with Gasteiger partial charge in [0.1, 0.15) is 0 Å². The minimum absolute atomic E-state index is 0.0474. The number of hydrogen-bond donors (Lipinski definition) is 1. The molecule has 4 heteroatoms. The first-order valence-corrected chi connectivity index (χ1v) is 7.04. The molecule has 0 saturated heterocycles. The predicted octanol–water partition coefficient (Wildman–Crippen LogP) is 3.07. The second-order valence-corrected chi connectivity index (χ2v) is 5.87. The first kappa shape index (κ1) is 13.0. The Kier molecular flexibility index (Phi) is 3.93. The summed E-state index contributed by atoms with van der Waals surface area (Å²) in [5, 5.41) is 12.0. The summed E-state index contributed by atoms with van der Waals surface area (Å²) >= 11 is 1.56. The lowest BCUT2D eigenvalue weighted by Crippen LogP contribution is -2.18. The van der Waals surface area contributed by atoms with Crippen molar-refractivity contribution in [2.75, 3.05) is 11.1 Å². The van der Waals surface area contributed by atoms with Gasteiger partial charge in [-0.15, -0.1) is 11.8 Å². The Hall–Kier alpha value is -1.47. The van der Waals surface area contributed by atoms with Crippen molar-refractivity contribution < 1.29 is 4.79 Å². The molecule has 0 radical (unpaired) electrons. The molecule has 0 fully saturated rings. The van der Waals surface area contributed by atoms with Gasteiger partial charge in [0.15, 0.2) is 0 Å². The van der Waals surface area contributed by atoms with Crippen LogP contribution in [0.3, 0.4) is 0 Å². The lowest BCUT2D eigenvalue weighted by Gasteiger charge is -2.18. The number of carbonyl (C=O) groups is 1. The molecule has 1 unspecified atom stereocenters. The molecule has 18 heavy (non-hydrogen) atoms. The molecule has 1 N–H and O–H groups in total. The van der Waals surface area contributed by atoms with Crippen LogP contribution in [0.4, 0.5) is 5.69 Å². The smallest absolute Gasteiger partial charge is 0.234 e. The average molecular weight is 260 g/mol. The highest BCUT2D eigenvalue weighted by Crippen LogP contribution is 2.32. The second kappa shape index (κ2) is 5.45. The molecule has 0 aromatic heterocycles. The van der Waals surface area contributed by atoms with E-state index in [0.717, 1.165) is 22.6 Å². The fraction of sp³-hybridized carbons (Fsp3) is 0.429. The Labute approximate surface area is 112 Å². The van der Waals surface area contributed by atoms with Crippen LogP contribution in [0.1, 0.15) is 19.4 Å². The highest BCUT2D eigenvalue weighted by Gasteiger charge is 2.17. The van der Waals surface area contributed by atoms with Crippen molar-refractivity contribution in [3.05, 3.63) is 23.8 Å². The Bertz CT molecular complexity index is 505. The molecule has 3 nitrogen and oxygen atoms in total. The fourth-order valence-corrected chi connectivity index (χ4v) is 2.80. The highest BCUT2D eigenvalue weighted by molar-refractivity contribution is 8.00. The van der Waals surface area contributed by atoms with Gasteiger partial charge in [0, 0.05) is 4.90 Å². The van der Waals surface area contributed by atoms with Crippen molar-refractivity contribution in [3.63, 3.8) is 0 Å². The molecule has 1 aromatic rings. The Morgan fingerprint density at radius 3 is 2.94 bits per heavy atom. The molecular formula is C14H16N2OS. The van der Waals surface area contributed by atoms with E-state index in [9.17, 15) is 4.79 Å². The van der Waals surface area contributed by atoms with Gasteiger partial charge in [0.2, 0.25) is 5.91 Å². The van der Waals surface area contributed by atoms with Gasteiger partial charge >= 0.3 is 0 Å². The maximum Gasteiger partial charge on any atom is 0.234 e. The molecule has 1 heterocycles. The summed E-state index contributed by atoms with van der Waals surface area (Å²) < 4.78 is 0. The molecule has 0 aliphatic carbocycles. The van der Waals surface area contributed by atoms with Crippen LogP contribution in [0, 0.1) is 23.2 Å². The van der Waals surface area contributed by atoms with E-state index in [1.54, 1.807) is 11.8 Å². The largest absolute Gasteiger partial charge is 0.324 e. The number of carbonyl (C=O) groups excluding carboxylic acids is 1. The number of nitrogens with one attached hydrogen (secondary N) is 1. The van der Waals surface area contributed by atoms with E-state index in [-0.39, 0.29) is 11.8 Å². The van der Waals surface area contributed by atoms with Crippen LogP contribution in [-0.4, -0.2) is 11.7 Å². The topological polar surface area (TPSA) is 52.9 Å². The van der Waals surface area contributed by atoms with Crippen molar-refractivity contribution in [1.29, 1.82) is 5.26 Å². The molecule has 1 aliphatic heterocycles. The first-order valence-electron chi connectivity index (χ1n) is 6.05. The van der Waals surface area contributed by atoms with Gasteiger partial charge in [0.25, 0.3) is 0 Å². The van der Waals surface area contributed by atoms with Gasteiger partial charge in [-0.05, 0) is 30.0 Å². The van der Waals surface area contributed by atoms with Gasteiger partial charge in [-0.2, -0.15) is 5.26 Å². The average Bonchev–Trinajstić information content (AvgIpc) is 2.35. The maximum absolute atomic E-state index is 11.2. The number of amides is 1. The maximum atomic E-state index is 11.2. The van der Waals surface area contributed by atoms with E-state index in [4.69, 9.17) is 5.26 Å². The van der Waals surface area contributed by atoms with Crippen molar-refractivity contribution in [2.24, 2.45) is 11.8 Å². The van der Waals surface area contributed by atoms with Crippen LogP contribution in [-0.2, 0) is 11.2 Å². The van der Waals surface area contributed by atoms with Crippen LogP contribution in [0.15, 0.2) is 23.1 Å². The van der Waals surface area contributed by atoms with Gasteiger partial charge in [-0.3, -0.25) is 4.79 Å². The lowest BCUT2D eigenvalue weighted by atomic mass is 9.90. The summed E-state index contributed by atoms with van der Waals surface area (Å²) in [6.45, 7) is 4.14. The number of rotatable bonds is 3. The number of hydrogen-bond acceptors (Lipinski definition) is 3. The van der Waals surface area contributed by atoms with Gasteiger partial charge in [0.05, 0.1) is 23.4 Å². The molecule has 0 bridgehead atoms. The number of thioether (sulfide) groups is 1. The molecule has 1 atom stereocenters. The van der Waals surface area contributed by atoms with E-state index in [1.807, 2.05) is 12.1 Å². The van der Waals surface area contributed by atoms with Gasteiger partial charge in [-0.25, -0.2) is 0 Å². The predicted molar refractivity (Wildman–Crippen MR) is 73.4 cm³/mol. The molecule has 1 aromatic carbocycles. The van der Waals surface area contributed by atoms with Crippen molar-refractivity contribution in [1.82, 2.24) is 0 Å². The molecular weight excluding hydrogens is 244 g/mol. The van der Waals surface area contributed by atoms with Crippen LogP contribution in [0.25, 0.3) is 0 Å². The van der Waals surface area contributed by atoms with E-state index >= 15 is 0 Å². The van der Waals surface area contributed by atoms with E-state index in [2.05, 4.69) is 31.3 Å². The van der Waals surface area contributed by atoms with Crippen LogP contribution in [0.5, 0.6) is 0 Å². The Balaban J connectivity index is 2.17. The SMILES string of the molecule is CC(C)C(C#N)Cc1ccc2c(c1)SCC(=O)N2. The summed E-state index contributed by atoms with van der Waals surface area (Å²) in [5.74, 6) is 0.935. The molecule has 94 valence electrons. The number of benzene rings is 1. The Morgan fingerprint density at radius 2 is 2.28 bits per heavy atom. The number of nitriles is 1. The van der Waals surface area contributed by atoms with Crippen molar-refractivity contribution in [2.45, 2.75) is 25.2 Å². The van der Waals surface area contributed by atoms with E-state index < -0.39 is 0 Å². The summed E-state index contributed by atoms with van der Waals surface area (Å²) in [5.41, 5.74) is 2.05. The minimum atomic E-state index is 0.0474. The van der Waals surface area contributed by atoms with Gasteiger partial charge < -0.3 is 5.32 Å². The van der Waals surface area contributed by atoms with E-state index in [1.165, 1.54) is 0 Å². The monoisotopic (exact) mass is 260 g/mol. The number of anilines is 1. The third-order valence-corrected chi connectivity index (χ3v) is 4.16. The fourth-order valence-electron chi connectivity index (χ4n) is 1.93. The second-order valence-electron chi connectivity index (χ2n) is 4.85. The highest BCUT2D eigenvalue weighted by atomic mass is 32.2. The third-order valence-electron chi connectivity index (χ3n) is 3.11. The van der Waals surface area contributed by atoms with Crippen LogP contribution < -0.4 is 5.32 Å². The van der Waals surface area contributed by atoms with Crippen molar-refractivity contribution in [3.8, 4) is 6.07 Å². The molecule has 0 saturated carbocycles. The number of fused-ring (bicyclic) bond motifs is 1. The molecule has 1 aliphatic rings. The minimum Gasteiger partial charge on any atom is -0.324 e. The van der Waals surface area contributed by atoms with Gasteiger partial charge in [-0.1, -0.05) is 19.9 Å². The van der Waals surface area contributed by atoms with Crippen LogP contribution >= 0.6 is 11.8 Å². The standard InChI is InChI=1S/C14H16N2OS/c1-9(2)11(7-15)5-10-3-4-12-13(6-10)18-8-14(17)16-12/h3-4,6,9,11H,5,8H2,1-2H3,(H,16,17). The lowest BCUT2D eigenvalue weighted by molar-refractivity contribution is -0.113. The summed E-state index contributed by atoms with van der Waals surface area (Å²) in [4.78, 5) is 12.4.